The van der Waals surface area contributed by atoms with Crippen molar-refractivity contribution in [1.29, 1.82) is 0 Å². The molecule has 0 saturated heterocycles. The Labute approximate surface area is 159 Å². The van der Waals surface area contributed by atoms with Crippen LogP contribution in [0.2, 0.25) is 5.02 Å². The number of benzene rings is 1. The van der Waals surface area contributed by atoms with Crippen LogP contribution in [0.3, 0.4) is 0 Å². The highest BCUT2D eigenvalue weighted by atomic mass is 35.5. The number of Topliss-reactive ketones (excluding diaryl/α,β-unsaturated/α-hetero) is 1. The molecule has 0 saturated carbocycles. The molecule has 0 aliphatic heterocycles. The molecule has 0 radical (unpaired) electrons. The minimum atomic E-state index is -0.516. The van der Waals surface area contributed by atoms with Crippen LogP contribution in [0.15, 0.2) is 53.2 Å². The monoisotopic (exact) mass is 387 g/mol. The summed E-state index contributed by atoms with van der Waals surface area (Å²) in [6.07, 6.45) is 5.97. The average Bonchev–Trinajstić information content (AvgIpc) is 3.26. The van der Waals surface area contributed by atoms with Crippen LogP contribution in [-0.4, -0.2) is 21.5 Å². The lowest BCUT2D eigenvalue weighted by molar-refractivity contribution is -0.111. The first-order valence-corrected chi connectivity index (χ1v) is 8.35. The van der Waals surface area contributed by atoms with Gasteiger partial charge in [0.05, 0.1) is 23.5 Å². The fraction of sp³-hybridized carbons (Fsp3) is 0.105. The number of hydrogen-bond acceptors (Lipinski definition) is 4. The summed E-state index contributed by atoms with van der Waals surface area (Å²) in [6, 6.07) is 7.48. The first kappa shape index (κ1) is 18.6. The number of anilines is 1. The Balaban J connectivity index is 1.59. The summed E-state index contributed by atoms with van der Waals surface area (Å²) >= 11 is 5.70. The Morgan fingerprint density at radius 1 is 1.33 bits per heavy atom. The molecule has 0 atom stereocenters. The summed E-state index contributed by atoms with van der Waals surface area (Å²) in [5.41, 5.74) is 1.10. The largest absolute Gasteiger partial charge is 0.456 e. The van der Waals surface area contributed by atoms with Gasteiger partial charge in [0.2, 0.25) is 5.91 Å². The van der Waals surface area contributed by atoms with Crippen molar-refractivity contribution in [3.63, 3.8) is 0 Å². The highest BCUT2D eigenvalue weighted by Crippen LogP contribution is 2.17. The Bertz CT molecular complexity index is 1020. The molecule has 1 amide bonds. The second-order valence-electron chi connectivity index (χ2n) is 5.74. The molecule has 2 heterocycles. The van der Waals surface area contributed by atoms with Gasteiger partial charge in [0.15, 0.2) is 11.5 Å². The van der Waals surface area contributed by atoms with Crippen LogP contribution in [0.25, 0.3) is 6.08 Å². The molecule has 0 bridgehead atoms. The number of halogens is 2. The molecule has 1 aromatic carbocycles. The van der Waals surface area contributed by atoms with Crippen molar-refractivity contribution >= 4 is 35.1 Å². The molecule has 2 aromatic heterocycles. The van der Waals surface area contributed by atoms with Crippen LogP contribution in [0.1, 0.15) is 28.8 Å². The summed E-state index contributed by atoms with van der Waals surface area (Å²) in [5, 5.41) is 6.79. The lowest BCUT2D eigenvalue weighted by atomic mass is 10.2. The van der Waals surface area contributed by atoms with Crippen molar-refractivity contribution in [2.24, 2.45) is 0 Å². The standard InChI is InChI=1S/C19H15ClFN3O3/c1-12(25)18-6-4-15(27-18)11-24-10-14(9-22-24)23-19(26)7-3-13-2-5-17(21)16(20)8-13/h2-10H,11H2,1H3,(H,23,26)/b7-3+. The van der Waals surface area contributed by atoms with Gasteiger partial charge >= 0.3 is 0 Å². The summed E-state index contributed by atoms with van der Waals surface area (Å²) in [6.45, 7) is 1.75. The molecule has 27 heavy (non-hydrogen) atoms. The number of rotatable bonds is 6. The van der Waals surface area contributed by atoms with Gasteiger partial charge in [-0.2, -0.15) is 5.10 Å². The molecule has 0 aliphatic carbocycles. The van der Waals surface area contributed by atoms with Gasteiger partial charge in [-0.25, -0.2) is 4.39 Å². The maximum absolute atomic E-state index is 13.1. The van der Waals surface area contributed by atoms with Gasteiger partial charge < -0.3 is 9.73 Å². The Hall–Kier alpha value is -3.19. The summed E-state index contributed by atoms with van der Waals surface area (Å²) in [4.78, 5) is 23.2. The van der Waals surface area contributed by atoms with Crippen LogP contribution in [0.5, 0.6) is 0 Å². The molecule has 138 valence electrons. The van der Waals surface area contributed by atoms with E-state index in [4.69, 9.17) is 16.0 Å². The topological polar surface area (TPSA) is 77.1 Å². The van der Waals surface area contributed by atoms with Crippen molar-refractivity contribution in [2.45, 2.75) is 13.5 Å². The predicted molar refractivity (Wildman–Crippen MR) is 99.1 cm³/mol. The highest BCUT2D eigenvalue weighted by Gasteiger charge is 2.08. The molecule has 3 rings (SSSR count). The van der Waals surface area contributed by atoms with Crippen molar-refractivity contribution in [3.8, 4) is 0 Å². The van der Waals surface area contributed by atoms with Gasteiger partial charge in [0.25, 0.3) is 0 Å². The molecule has 0 unspecified atom stereocenters. The zero-order valence-corrected chi connectivity index (χ0v) is 15.0. The van der Waals surface area contributed by atoms with E-state index in [0.29, 0.717) is 23.6 Å². The Morgan fingerprint density at radius 3 is 2.85 bits per heavy atom. The summed E-state index contributed by atoms with van der Waals surface area (Å²) < 4.78 is 20.1. The molecular formula is C19H15ClFN3O3. The van der Waals surface area contributed by atoms with Crippen LogP contribution in [0.4, 0.5) is 10.1 Å². The molecule has 8 heteroatoms. The zero-order chi connectivity index (χ0) is 19.4. The fourth-order valence-electron chi connectivity index (χ4n) is 2.30. The van der Waals surface area contributed by atoms with E-state index in [1.165, 1.54) is 43.5 Å². The number of amides is 1. The van der Waals surface area contributed by atoms with E-state index in [1.807, 2.05) is 0 Å². The third-order valence-electron chi connectivity index (χ3n) is 3.60. The number of nitrogens with one attached hydrogen (secondary N) is 1. The zero-order valence-electron chi connectivity index (χ0n) is 14.3. The van der Waals surface area contributed by atoms with E-state index in [1.54, 1.807) is 23.0 Å². The quantitative estimate of drug-likeness (QED) is 0.508. The third-order valence-corrected chi connectivity index (χ3v) is 3.89. The third kappa shape index (κ3) is 4.92. The van der Waals surface area contributed by atoms with Crippen molar-refractivity contribution < 1.29 is 18.4 Å². The van der Waals surface area contributed by atoms with Crippen LogP contribution < -0.4 is 5.32 Å². The molecule has 1 N–H and O–H groups in total. The maximum Gasteiger partial charge on any atom is 0.248 e. The van der Waals surface area contributed by atoms with Gasteiger partial charge in [-0.3, -0.25) is 14.3 Å². The molecule has 0 aliphatic rings. The smallest absolute Gasteiger partial charge is 0.248 e. The number of furan rings is 1. The highest BCUT2D eigenvalue weighted by molar-refractivity contribution is 6.30. The number of nitrogens with zero attached hydrogens (tertiary/aromatic N) is 2. The second kappa shape index (κ2) is 8.01. The summed E-state index contributed by atoms with van der Waals surface area (Å²) in [7, 11) is 0. The molecule has 6 nitrogen and oxygen atoms in total. The SMILES string of the molecule is CC(=O)c1ccc(Cn2cc(NC(=O)/C=C/c3ccc(F)c(Cl)c3)cn2)o1. The Kier molecular flexibility index (Phi) is 5.52. The van der Waals surface area contributed by atoms with Gasteiger partial charge in [-0.15, -0.1) is 0 Å². The number of hydrogen-bond donors (Lipinski definition) is 1. The number of ketones is 1. The number of aromatic nitrogens is 2. The average molecular weight is 388 g/mol. The maximum atomic E-state index is 13.1. The van der Waals surface area contributed by atoms with E-state index >= 15 is 0 Å². The second-order valence-corrected chi connectivity index (χ2v) is 6.15. The van der Waals surface area contributed by atoms with E-state index in [9.17, 15) is 14.0 Å². The van der Waals surface area contributed by atoms with Crippen molar-refractivity contribution in [1.82, 2.24) is 9.78 Å². The minimum Gasteiger partial charge on any atom is -0.456 e. The number of carbonyl (C=O) groups excluding carboxylic acids is 2. The molecule has 0 spiro atoms. The van der Waals surface area contributed by atoms with Crippen molar-refractivity contribution in [2.75, 3.05) is 5.32 Å². The van der Waals surface area contributed by atoms with Gasteiger partial charge in [0.1, 0.15) is 11.6 Å². The van der Waals surface area contributed by atoms with Gasteiger partial charge in [0, 0.05) is 19.2 Å². The summed E-state index contributed by atoms with van der Waals surface area (Å²) in [5.74, 6) is -0.167. The Morgan fingerprint density at radius 2 is 2.15 bits per heavy atom. The van der Waals surface area contributed by atoms with E-state index in [2.05, 4.69) is 10.4 Å². The van der Waals surface area contributed by atoms with Gasteiger partial charge in [-0.05, 0) is 35.9 Å². The van der Waals surface area contributed by atoms with Crippen LogP contribution >= 0.6 is 11.6 Å². The minimum absolute atomic E-state index is 0.00955. The predicted octanol–water partition coefficient (Wildman–Crippen LogP) is 4.17. The molecular weight excluding hydrogens is 373 g/mol. The first-order chi connectivity index (χ1) is 12.9. The van der Waals surface area contributed by atoms with Gasteiger partial charge in [-0.1, -0.05) is 17.7 Å². The first-order valence-electron chi connectivity index (χ1n) is 7.97. The van der Waals surface area contributed by atoms with E-state index in [0.717, 1.165) is 0 Å². The molecule has 0 fully saturated rings. The lowest BCUT2D eigenvalue weighted by Crippen LogP contribution is -2.07. The van der Waals surface area contributed by atoms with Crippen molar-refractivity contribution in [3.05, 3.63) is 76.7 Å². The molecule has 3 aromatic rings. The van der Waals surface area contributed by atoms with Crippen LogP contribution in [0, 0.1) is 5.82 Å². The van der Waals surface area contributed by atoms with Crippen LogP contribution in [-0.2, 0) is 11.3 Å². The van der Waals surface area contributed by atoms with E-state index < -0.39 is 5.82 Å². The number of carbonyl (C=O) groups is 2. The fourth-order valence-corrected chi connectivity index (χ4v) is 2.49. The normalized spacial score (nSPS) is 11.1. The lowest BCUT2D eigenvalue weighted by Gasteiger charge is -1.99. The van der Waals surface area contributed by atoms with E-state index in [-0.39, 0.29) is 22.5 Å².